The molecular formula is C15H22BrClN2O. The molecule has 1 aliphatic heterocycles. The Labute approximate surface area is 134 Å². The molecular weight excluding hydrogens is 340 g/mol. The first kappa shape index (κ1) is 14.9. The van der Waals surface area contributed by atoms with Crippen LogP contribution in [0.25, 0.3) is 0 Å². The zero-order valence-electron chi connectivity index (χ0n) is 12.2. The molecule has 0 aromatic carbocycles. The predicted molar refractivity (Wildman–Crippen MR) is 84.6 cm³/mol. The van der Waals surface area contributed by atoms with Crippen molar-refractivity contribution in [1.82, 2.24) is 9.78 Å². The van der Waals surface area contributed by atoms with E-state index < -0.39 is 0 Å². The number of nitrogens with zero attached hydrogens (tertiary/aromatic N) is 2. The van der Waals surface area contributed by atoms with Gasteiger partial charge in [-0.15, -0.1) is 0 Å². The Bertz CT molecular complexity index is 500. The van der Waals surface area contributed by atoms with E-state index in [1.807, 2.05) is 11.7 Å². The van der Waals surface area contributed by atoms with Crippen LogP contribution in [-0.4, -0.2) is 27.8 Å². The molecule has 5 heteroatoms. The van der Waals surface area contributed by atoms with Gasteiger partial charge in [-0.25, -0.2) is 0 Å². The van der Waals surface area contributed by atoms with E-state index in [1.54, 1.807) is 0 Å². The third-order valence-corrected chi connectivity index (χ3v) is 6.39. The van der Waals surface area contributed by atoms with Gasteiger partial charge in [-0.05, 0) is 38.0 Å². The number of hydrogen-bond acceptors (Lipinski definition) is 2. The van der Waals surface area contributed by atoms with Gasteiger partial charge in [0.25, 0.3) is 0 Å². The normalized spacial score (nSPS) is 30.1. The summed E-state index contributed by atoms with van der Waals surface area (Å²) < 4.78 is 8.03. The van der Waals surface area contributed by atoms with Crippen molar-refractivity contribution in [2.24, 2.45) is 18.4 Å². The maximum atomic E-state index is 6.53. The molecule has 3 nitrogen and oxygen atoms in total. The van der Waals surface area contributed by atoms with Crippen LogP contribution in [0.2, 0.25) is 5.02 Å². The Morgan fingerprint density at radius 2 is 2.25 bits per heavy atom. The van der Waals surface area contributed by atoms with Gasteiger partial charge in [-0.2, -0.15) is 5.10 Å². The van der Waals surface area contributed by atoms with Gasteiger partial charge in [0.2, 0.25) is 0 Å². The Balaban J connectivity index is 1.89. The lowest BCUT2D eigenvalue weighted by Crippen LogP contribution is -2.37. The molecule has 2 heterocycles. The van der Waals surface area contributed by atoms with E-state index in [4.69, 9.17) is 16.3 Å². The average molecular weight is 362 g/mol. The number of hydrogen-bond donors (Lipinski definition) is 0. The number of aromatic nitrogens is 2. The summed E-state index contributed by atoms with van der Waals surface area (Å²) in [7, 11) is 2.00. The van der Waals surface area contributed by atoms with Gasteiger partial charge in [-0.1, -0.05) is 34.5 Å². The molecule has 0 radical (unpaired) electrons. The van der Waals surface area contributed by atoms with Crippen molar-refractivity contribution in [2.75, 3.05) is 11.9 Å². The van der Waals surface area contributed by atoms with Crippen molar-refractivity contribution in [2.45, 2.75) is 45.1 Å². The summed E-state index contributed by atoms with van der Waals surface area (Å²) in [6.07, 6.45) is 5.98. The smallest absolute Gasteiger partial charge is 0.0849 e. The number of aryl methyl sites for hydroxylation is 2. The highest BCUT2D eigenvalue weighted by atomic mass is 79.9. The molecule has 1 saturated heterocycles. The Kier molecular flexibility index (Phi) is 4.17. The molecule has 1 saturated carbocycles. The second-order valence-electron chi connectivity index (χ2n) is 6.24. The van der Waals surface area contributed by atoms with E-state index in [0.29, 0.717) is 6.10 Å². The summed E-state index contributed by atoms with van der Waals surface area (Å²) in [5.74, 6) is 0.757. The van der Waals surface area contributed by atoms with Crippen molar-refractivity contribution < 1.29 is 4.74 Å². The minimum atomic E-state index is 0.184. The first-order chi connectivity index (χ1) is 9.61. The van der Waals surface area contributed by atoms with Crippen molar-refractivity contribution >= 4 is 27.5 Å². The summed E-state index contributed by atoms with van der Waals surface area (Å²) in [5.41, 5.74) is 2.36. The fourth-order valence-corrected chi connectivity index (χ4v) is 4.63. The van der Waals surface area contributed by atoms with Crippen LogP contribution in [0.1, 0.15) is 37.6 Å². The third kappa shape index (κ3) is 2.44. The molecule has 0 N–H and O–H groups in total. The van der Waals surface area contributed by atoms with Crippen LogP contribution in [-0.2, 0) is 24.6 Å². The van der Waals surface area contributed by atoms with E-state index in [2.05, 4.69) is 28.0 Å². The Morgan fingerprint density at radius 1 is 1.50 bits per heavy atom. The minimum Gasteiger partial charge on any atom is -0.377 e. The minimum absolute atomic E-state index is 0.184. The average Bonchev–Trinajstić information content (AvgIpc) is 3.16. The van der Waals surface area contributed by atoms with Crippen LogP contribution >= 0.6 is 27.5 Å². The Hall–Kier alpha value is -0.0600. The van der Waals surface area contributed by atoms with Gasteiger partial charge in [0.05, 0.1) is 22.5 Å². The third-order valence-electron chi connectivity index (χ3n) is 4.84. The zero-order chi connectivity index (χ0) is 14.3. The first-order valence-corrected chi connectivity index (χ1v) is 8.99. The molecule has 2 aliphatic rings. The van der Waals surface area contributed by atoms with Crippen LogP contribution < -0.4 is 0 Å². The SMILES string of the molecule is CCc1nn(C)c(CC2(CBr)CCOC2C2CC2)c1Cl. The fourth-order valence-electron chi connectivity index (χ4n) is 3.47. The van der Waals surface area contributed by atoms with Gasteiger partial charge in [0.15, 0.2) is 0 Å². The molecule has 1 aliphatic carbocycles. The highest BCUT2D eigenvalue weighted by molar-refractivity contribution is 9.09. The summed E-state index contributed by atoms with van der Waals surface area (Å²) in [6.45, 7) is 2.98. The first-order valence-electron chi connectivity index (χ1n) is 7.49. The molecule has 20 heavy (non-hydrogen) atoms. The van der Waals surface area contributed by atoms with Crippen molar-refractivity contribution in [3.63, 3.8) is 0 Å². The van der Waals surface area contributed by atoms with Crippen LogP contribution in [0.5, 0.6) is 0 Å². The predicted octanol–water partition coefficient (Wildman–Crippen LogP) is 3.76. The maximum Gasteiger partial charge on any atom is 0.0849 e. The lowest BCUT2D eigenvalue weighted by Gasteiger charge is -2.32. The van der Waals surface area contributed by atoms with Crippen LogP contribution in [0, 0.1) is 11.3 Å². The van der Waals surface area contributed by atoms with Crippen molar-refractivity contribution in [3.8, 4) is 0 Å². The van der Waals surface area contributed by atoms with Gasteiger partial charge in [0.1, 0.15) is 0 Å². The zero-order valence-corrected chi connectivity index (χ0v) is 14.5. The number of alkyl halides is 1. The van der Waals surface area contributed by atoms with Crippen LogP contribution in [0.15, 0.2) is 0 Å². The second kappa shape index (κ2) is 5.62. The van der Waals surface area contributed by atoms with Gasteiger partial charge in [-0.3, -0.25) is 4.68 Å². The molecule has 3 rings (SSSR count). The summed E-state index contributed by atoms with van der Waals surface area (Å²) in [6, 6.07) is 0. The highest BCUT2D eigenvalue weighted by Crippen LogP contribution is 2.50. The highest BCUT2D eigenvalue weighted by Gasteiger charge is 2.50. The standard InChI is InChI=1S/C15H22BrClN2O/c1-3-11-13(17)12(19(2)18-11)8-15(9-16)6-7-20-14(15)10-4-5-10/h10,14H,3-9H2,1-2H3. The van der Waals surface area contributed by atoms with Crippen molar-refractivity contribution in [3.05, 3.63) is 16.4 Å². The fraction of sp³-hybridized carbons (Fsp3) is 0.800. The van der Waals surface area contributed by atoms with E-state index in [9.17, 15) is 0 Å². The molecule has 112 valence electrons. The van der Waals surface area contributed by atoms with E-state index in [1.165, 1.54) is 18.5 Å². The van der Waals surface area contributed by atoms with Crippen LogP contribution in [0.3, 0.4) is 0 Å². The maximum absolute atomic E-state index is 6.53. The molecule has 0 amide bonds. The Morgan fingerprint density at radius 3 is 2.80 bits per heavy atom. The lowest BCUT2D eigenvalue weighted by atomic mass is 9.77. The molecule has 0 bridgehead atoms. The largest absolute Gasteiger partial charge is 0.377 e. The number of rotatable bonds is 5. The summed E-state index contributed by atoms with van der Waals surface area (Å²) in [5, 5.41) is 6.38. The topological polar surface area (TPSA) is 27.1 Å². The van der Waals surface area contributed by atoms with Crippen molar-refractivity contribution in [1.29, 1.82) is 0 Å². The lowest BCUT2D eigenvalue weighted by molar-refractivity contribution is 0.0406. The molecule has 2 unspecified atom stereocenters. The monoisotopic (exact) mass is 360 g/mol. The van der Waals surface area contributed by atoms with Gasteiger partial charge >= 0.3 is 0 Å². The molecule has 2 atom stereocenters. The summed E-state index contributed by atoms with van der Waals surface area (Å²) >= 11 is 10.3. The molecule has 0 spiro atoms. The van der Waals surface area contributed by atoms with E-state index >= 15 is 0 Å². The molecule has 1 aromatic rings. The molecule has 1 aromatic heterocycles. The summed E-state index contributed by atoms with van der Waals surface area (Å²) in [4.78, 5) is 0. The molecule has 2 fully saturated rings. The van der Waals surface area contributed by atoms with Crippen LogP contribution in [0.4, 0.5) is 0 Å². The van der Waals surface area contributed by atoms with E-state index in [0.717, 1.165) is 47.8 Å². The second-order valence-corrected chi connectivity index (χ2v) is 7.17. The van der Waals surface area contributed by atoms with Gasteiger partial charge < -0.3 is 4.74 Å². The number of ether oxygens (including phenoxy) is 1. The number of halogens is 2. The van der Waals surface area contributed by atoms with E-state index in [-0.39, 0.29) is 5.41 Å². The van der Waals surface area contributed by atoms with Gasteiger partial charge in [0, 0.05) is 24.4 Å². The quantitative estimate of drug-likeness (QED) is 0.747.